The topological polar surface area (TPSA) is 49.4 Å². The Labute approximate surface area is 87.7 Å². The fourth-order valence-electron chi connectivity index (χ4n) is 2.20. The van der Waals surface area contributed by atoms with Crippen molar-refractivity contribution in [3.05, 3.63) is 0 Å². The molecular formula is C8H14F2N2O2S. The summed E-state index contributed by atoms with van der Waals surface area (Å²) in [6.07, 6.45) is 1.39. The van der Waals surface area contributed by atoms with E-state index in [9.17, 15) is 17.2 Å². The van der Waals surface area contributed by atoms with Gasteiger partial charge in [-0.05, 0) is 13.0 Å². The molecule has 0 aromatic heterocycles. The zero-order valence-electron chi connectivity index (χ0n) is 8.46. The highest BCUT2D eigenvalue weighted by atomic mass is 32.2. The lowest BCUT2D eigenvalue weighted by Crippen LogP contribution is -2.70. The summed E-state index contributed by atoms with van der Waals surface area (Å²) in [6, 6.07) is 0. The Morgan fingerprint density at radius 1 is 1.33 bits per heavy atom. The largest absolute Gasteiger partial charge is 0.311 e. The van der Waals surface area contributed by atoms with E-state index in [0.29, 0.717) is 13.0 Å². The van der Waals surface area contributed by atoms with E-state index in [0.717, 1.165) is 10.6 Å². The van der Waals surface area contributed by atoms with Gasteiger partial charge in [0.25, 0.3) is 5.92 Å². The van der Waals surface area contributed by atoms with Crippen LogP contribution in [0, 0.1) is 5.41 Å². The van der Waals surface area contributed by atoms with E-state index in [2.05, 4.69) is 5.32 Å². The number of halogens is 2. The second-order valence-corrected chi connectivity index (χ2v) is 6.43. The number of piperidine rings is 1. The highest BCUT2D eigenvalue weighted by molar-refractivity contribution is 7.88. The molecule has 0 bridgehead atoms. The van der Waals surface area contributed by atoms with Gasteiger partial charge < -0.3 is 5.32 Å². The lowest BCUT2D eigenvalue weighted by atomic mass is 9.71. The molecule has 0 amide bonds. The number of nitrogens with zero attached hydrogens (tertiary/aromatic N) is 1. The van der Waals surface area contributed by atoms with Gasteiger partial charge in [-0.25, -0.2) is 21.5 Å². The van der Waals surface area contributed by atoms with Crippen molar-refractivity contribution >= 4 is 10.0 Å². The van der Waals surface area contributed by atoms with Crippen molar-refractivity contribution in [3.8, 4) is 0 Å². The maximum atomic E-state index is 13.6. The van der Waals surface area contributed by atoms with Gasteiger partial charge in [0.1, 0.15) is 0 Å². The monoisotopic (exact) mass is 240 g/mol. The SMILES string of the molecule is CS(=O)(=O)N1CC2(CCNCC2(F)F)C1. The predicted molar refractivity (Wildman–Crippen MR) is 51.3 cm³/mol. The van der Waals surface area contributed by atoms with E-state index in [4.69, 9.17) is 0 Å². The number of alkyl halides is 2. The first-order valence-corrected chi connectivity index (χ1v) is 6.65. The lowest BCUT2D eigenvalue weighted by molar-refractivity contribution is -0.184. The van der Waals surface area contributed by atoms with E-state index >= 15 is 0 Å². The minimum absolute atomic E-state index is 0.0412. The smallest absolute Gasteiger partial charge is 0.268 e. The Morgan fingerprint density at radius 3 is 2.40 bits per heavy atom. The van der Waals surface area contributed by atoms with Crippen LogP contribution in [0.4, 0.5) is 8.78 Å². The molecular weight excluding hydrogens is 226 g/mol. The first kappa shape index (κ1) is 11.2. The third-order valence-electron chi connectivity index (χ3n) is 3.33. The molecule has 2 aliphatic rings. The first-order chi connectivity index (χ1) is 6.77. The summed E-state index contributed by atoms with van der Waals surface area (Å²) >= 11 is 0. The predicted octanol–water partition coefficient (Wildman–Crippen LogP) is -0.123. The molecule has 4 nitrogen and oxygen atoms in total. The van der Waals surface area contributed by atoms with Gasteiger partial charge in [-0.3, -0.25) is 0 Å². The molecule has 2 fully saturated rings. The second kappa shape index (κ2) is 3.11. The second-order valence-electron chi connectivity index (χ2n) is 4.44. The zero-order chi connectivity index (χ0) is 11.3. The average molecular weight is 240 g/mol. The third-order valence-corrected chi connectivity index (χ3v) is 4.53. The van der Waals surface area contributed by atoms with Crippen LogP contribution in [0.3, 0.4) is 0 Å². The molecule has 0 radical (unpaired) electrons. The van der Waals surface area contributed by atoms with Crippen molar-refractivity contribution in [2.45, 2.75) is 12.3 Å². The van der Waals surface area contributed by atoms with E-state index < -0.39 is 21.4 Å². The highest BCUT2D eigenvalue weighted by Crippen LogP contribution is 2.48. The Morgan fingerprint density at radius 2 is 1.93 bits per heavy atom. The summed E-state index contributed by atoms with van der Waals surface area (Å²) in [5, 5.41) is 2.63. The maximum Gasteiger partial charge on any atom is 0.268 e. The molecule has 2 heterocycles. The van der Waals surface area contributed by atoms with Crippen molar-refractivity contribution in [1.82, 2.24) is 9.62 Å². The van der Waals surface area contributed by atoms with Gasteiger partial charge in [-0.15, -0.1) is 0 Å². The molecule has 0 aromatic carbocycles. The van der Waals surface area contributed by atoms with Crippen LogP contribution in [0.1, 0.15) is 6.42 Å². The summed E-state index contributed by atoms with van der Waals surface area (Å²) in [5.41, 5.74) is -1.12. The van der Waals surface area contributed by atoms with Crippen LogP contribution in [0.5, 0.6) is 0 Å². The third kappa shape index (κ3) is 1.66. The summed E-state index contributed by atoms with van der Waals surface area (Å²) in [6.45, 7) is 0.110. The van der Waals surface area contributed by atoms with Crippen molar-refractivity contribution in [1.29, 1.82) is 0 Å². The molecule has 1 N–H and O–H groups in total. The van der Waals surface area contributed by atoms with E-state index in [1.54, 1.807) is 0 Å². The molecule has 2 aliphatic heterocycles. The van der Waals surface area contributed by atoms with Gasteiger partial charge in [0, 0.05) is 13.1 Å². The van der Waals surface area contributed by atoms with Crippen molar-refractivity contribution in [2.24, 2.45) is 5.41 Å². The quantitative estimate of drug-likeness (QED) is 0.695. The Bertz CT molecular complexity index is 363. The average Bonchev–Trinajstić information content (AvgIpc) is 1.97. The number of rotatable bonds is 1. The van der Waals surface area contributed by atoms with Gasteiger partial charge >= 0.3 is 0 Å². The zero-order valence-corrected chi connectivity index (χ0v) is 9.28. The van der Waals surface area contributed by atoms with Gasteiger partial charge in [-0.2, -0.15) is 0 Å². The summed E-state index contributed by atoms with van der Waals surface area (Å²) in [7, 11) is -3.31. The summed E-state index contributed by atoms with van der Waals surface area (Å²) < 4.78 is 50.5. The first-order valence-electron chi connectivity index (χ1n) is 4.81. The van der Waals surface area contributed by atoms with Crippen LogP contribution < -0.4 is 5.32 Å². The van der Waals surface area contributed by atoms with E-state index in [1.165, 1.54) is 0 Å². The fraction of sp³-hybridized carbons (Fsp3) is 1.00. The van der Waals surface area contributed by atoms with Gasteiger partial charge in [0.15, 0.2) is 0 Å². The number of sulfonamides is 1. The molecule has 2 saturated heterocycles. The number of hydrogen-bond acceptors (Lipinski definition) is 3. The van der Waals surface area contributed by atoms with Crippen LogP contribution in [-0.2, 0) is 10.0 Å². The summed E-state index contributed by atoms with van der Waals surface area (Å²) in [4.78, 5) is 0. The van der Waals surface area contributed by atoms with Crippen molar-refractivity contribution in [2.75, 3.05) is 32.4 Å². The van der Waals surface area contributed by atoms with Crippen LogP contribution in [0.2, 0.25) is 0 Å². The molecule has 88 valence electrons. The molecule has 0 atom stereocenters. The van der Waals surface area contributed by atoms with Gasteiger partial charge in [0.2, 0.25) is 10.0 Å². The van der Waals surface area contributed by atoms with Gasteiger partial charge in [-0.1, -0.05) is 0 Å². The maximum absolute atomic E-state index is 13.6. The minimum Gasteiger partial charge on any atom is -0.311 e. The normalized spacial score (nSPS) is 30.1. The number of nitrogens with one attached hydrogen (secondary N) is 1. The van der Waals surface area contributed by atoms with Crippen LogP contribution in [0.15, 0.2) is 0 Å². The fourth-order valence-corrected chi connectivity index (χ4v) is 3.16. The Hall–Kier alpha value is -0.270. The van der Waals surface area contributed by atoms with E-state index in [1.807, 2.05) is 0 Å². The Balaban J connectivity index is 2.12. The Kier molecular flexibility index (Phi) is 2.33. The van der Waals surface area contributed by atoms with Crippen LogP contribution in [0.25, 0.3) is 0 Å². The molecule has 0 saturated carbocycles. The van der Waals surface area contributed by atoms with E-state index in [-0.39, 0.29) is 19.6 Å². The molecule has 0 unspecified atom stereocenters. The van der Waals surface area contributed by atoms with Crippen molar-refractivity contribution < 1.29 is 17.2 Å². The molecule has 15 heavy (non-hydrogen) atoms. The minimum atomic E-state index is -3.31. The van der Waals surface area contributed by atoms with Crippen molar-refractivity contribution in [3.63, 3.8) is 0 Å². The standard InChI is InChI=1S/C8H14F2N2O2S/c1-15(13,14)12-5-7(6-12)2-3-11-4-8(7,9)10/h11H,2-6H2,1H3. The molecule has 0 aliphatic carbocycles. The van der Waals surface area contributed by atoms with Crippen LogP contribution >= 0.6 is 0 Å². The van der Waals surface area contributed by atoms with Gasteiger partial charge in [0.05, 0.1) is 18.2 Å². The highest BCUT2D eigenvalue weighted by Gasteiger charge is 2.62. The summed E-state index contributed by atoms with van der Waals surface area (Å²) in [5.74, 6) is -2.80. The molecule has 2 rings (SSSR count). The molecule has 0 aromatic rings. The molecule has 1 spiro atoms. The number of hydrogen-bond donors (Lipinski definition) is 1. The van der Waals surface area contributed by atoms with Crippen LogP contribution in [-0.4, -0.2) is 51.1 Å². The lowest BCUT2D eigenvalue weighted by Gasteiger charge is -2.54. The molecule has 7 heteroatoms.